The smallest absolute Gasteiger partial charge is 0.300 e. The van der Waals surface area contributed by atoms with E-state index in [2.05, 4.69) is 0 Å². The summed E-state index contributed by atoms with van der Waals surface area (Å²) in [7, 11) is 3.88. The van der Waals surface area contributed by atoms with E-state index in [1.807, 2.05) is 74.4 Å². The van der Waals surface area contributed by atoms with Gasteiger partial charge in [0.05, 0.1) is 11.6 Å². The van der Waals surface area contributed by atoms with E-state index in [0.29, 0.717) is 16.3 Å². The number of amides is 1. The average Bonchev–Trinajstić information content (AvgIpc) is 3.05. The van der Waals surface area contributed by atoms with Crippen molar-refractivity contribution in [2.45, 2.75) is 13.0 Å². The summed E-state index contributed by atoms with van der Waals surface area (Å²) < 4.78 is 0. The summed E-state index contributed by atoms with van der Waals surface area (Å²) in [4.78, 5) is 29.9. The Morgan fingerprint density at radius 2 is 1.56 bits per heavy atom. The van der Waals surface area contributed by atoms with Crippen molar-refractivity contribution in [2.75, 3.05) is 23.9 Å². The molecule has 0 saturated carbocycles. The van der Waals surface area contributed by atoms with Crippen molar-refractivity contribution < 1.29 is 14.7 Å². The zero-order chi connectivity index (χ0) is 23.0. The minimum Gasteiger partial charge on any atom is -0.507 e. The Balaban J connectivity index is 1.94. The minimum absolute atomic E-state index is 0.0539. The van der Waals surface area contributed by atoms with Gasteiger partial charge in [-0.3, -0.25) is 14.5 Å². The number of rotatable bonds is 4. The van der Waals surface area contributed by atoms with Gasteiger partial charge in [-0.05, 0) is 60.5 Å². The Morgan fingerprint density at radius 3 is 2.16 bits per heavy atom. The fourth-order valence-electron chi connectivity index (χ4n) is 3.95. The third-order valence-electron chi connectivity index (χ3n) is 5.66. The van der Waals surface area contributed by atoms with Gasteiger partial charge >= 0.3 is 0 Å². The van der Waals surface area contributed by atoms with E-state index >= 15 is 0 Å². The van der Waals surface area contributed by atoms with E-state index in [-0.39, 0.29) is 11.3 Å². The van der Waals surface area contributed by atoms with Crippen molar-refractivity contribution in [1.29, 1.82) is 0 Å². The van der Waals surface area contributed by atoms with Gasteiger partial charge in [0.2, 0.25) is 0 Å². The second-order valence-electron chi connectivity index (χ2n) is 7.95. The third kappa shape index (κ3) is 3.76. The number of carbonyl (C=O) groups excluding carboxylic acids is 2. The molecule has 0 radical (unpaired) electrons. The molecule has 5 nitrogen and oxygen atoms in total. The van der Waals surface area contributed by atoms with E-state index in [1.165, 1.54) is 4.90 Å². The fraction of sp³-hybridized carbons (Fsp3) is 0.154. The van der Waals surface area contributed by atoms with Crippen LogP contribution in [0.15, 0.2) is 78.4 Å². The molecule has 1 aliphatic rings. The Hall–Kier alpha value is -3.57. The normalized spacial score (nSPS) is 17.6. The third-order valence-corrected chi connectivity index (χ3v) is 5.91. The van der Waals surface area contributed by atoms with Gasteiger partial charge in [-0.2, -0.15) is 0 Å². The highest BCUT2D eigenvalue weighted by atomic mass is 35.5. The molecule has 162 valence electrons. The zero-order valence-electron chi connectivity index (χ0n) is 18.0. The predicted octanol–water partition coefficient (Wildman–Crippen LogP) is 5.34. The molecular weight excluding hydrogens is 424 g/mol. The van der Waals surface area contributed by atoms with Crippen LogP contribution in [0.25, 0.3) is 5.76 Å². The standard InChI is InChI=1S/C26H23ClN2O3/c1-16-6-4-5-7-21(16)29-23(17-10-14-20(15-11-17)28(2)3)22(25(31)26(29)32)24(30)18-8-12-19(27)13-9-18/h4-15,23,30H,1-3H3/t23-/m0/s1. The van der Waals surface area contributed by atoms with Crippen LogP contribution in [-0.4, -0.2) is 30.9 Å². The molecule has 0 unspecified atom stereocenters. The number of halogens is 1. The molecule has 1 fully saturated rings. The van der Waals surface area contributed by atoms with Gasteiger partial charge in [0.25, 0.3) is 11.7 Å². The zero-order valence-corrected chi connectivity index (χ0v) is 18.8. The average molecular weight is 447 g/mol. The predicted molar refractivity (Wildman–Crippen MR) is 128 cm³/mol. The summed E-state index contributed by atoms with van der Waals surface area (Å²) >= 11 is 5.98. The van der Waals surface area contributed by atoms with Crippen molar-refractivity contribution in [3.63, 3.8) is 0 Å². The lowest BCUT2D eigenvalue weighted by Crippen LogP contribution is -2.30. The molecule has 3 aromatic carbocycles. The second kappa shape index (κ2) is 8.52. The molecule has 0 aliphatic carbocycles. The molecule has 32 heavy (non-hydrogen) atoms. The quantitative estimate of drug-likeness (QED) is 0.334. The fourth-order valence-corrected chi connectivity index (χ4v) is 4.07. The van der Waals surface area contributed by atoms with Gasteiger partial charge in [0.1, 0.15) is 5.76 Å². The number of para-hydroxylation sites is 1. The number of ketones is 1. The Bertz CT molecular complexity index is 1210. The molecule has 1 aliphatic heterocycles. The van der Waals surface area contributed by atoms with Crippen LogP contribution in [-0.2, 0) is 9.59 Å². The van der Waals surface area contributed by atoms with Crippen molar-refractivity contribution in [2.24, 2.45) is 0 Å². The van der Waals surface area contributed by atoms with Crippen LogP contribution < -0.4 is 9.80 Å². The maximum Gasteiger partial charge on any atom is 0.300 e. The minimum atomic E-state index is -0.761. The molecule has 1 saturated heterocycles. The molecule has 1 atom stereocenters. The molecule has 1 heterocycles. The number of aliphatic hydroxyl groups is 1. The Kier molecular flexibility index (Phi) is 5.76. The van der Waals surface area contributed by atoms with Gasteiger partial charge in [-0.25, -0.2) is 0 Å². The molecule has 0 bridgehead atoms. The summed E-state index contributed by atoms with van der Waals surface area (Å²) in [6.45, 7) is 1.89. The molecule has 4 rings (SSSR count). The summed E-state index contributed by atoms with van der Waals surface area (Å²) in [6, 6.07) is 20.8. The number of aryl methyl sites for hydroxylation is 1. The van der Waals surface area contributed by atoms with Gasteiger partial charge in [0, 0.05) is 36.1 Å². The first-order chi connectivity index (χ1) is 15.3. The van der Waals surface area contributed by atoms with Crippen LogP contribution in [0.4, 0.5) is 11.4 Å². The molecule has 0 spiro atoms. The summed E-state index contributed by atoms with van der Waals surface area (Å²) in [6.07, 6.45) is 0. The topological polar surface area (TPSA) is 60.9 Å². The van der Waals surface area contributed by atoms with E-state index in [0.717, 1.165) is 16.8 Å². The van der Waals surface area contributed by atoms with Crippen LogP contribution >= 0.6 is 11.6 Å². The molecule has 0 aromatic heterocycles. The van der Waals surface area contributed by atoms with Crippen LogP contribution in [0.1, 0.15) is 22.7 Å². The van der Waals surface area contributed by atoms with Crippen molar-refractivity contribution in [3.05, 3.63) is 100 Å². The molecule has 6 heteroatoms. The maximum atomic E-state index is 13.2. The highest BCUT2D eigenvalue weighted by Gasteiger charge is 2.47. The molecule has 3 aromatic rings. The highest BCUT2D eigenvalue weighted by molar-refractivity contribution is 6.51. The van der Waals surface area contributed by atoms with Gasteiger partial charge in [0.15, 0.2) is 0 Å². The number of aliphatic hydroxyl groups excluding tert-OH is 1. The van der Waals surface area contributed by atoms with Crippen molar-refractivity contribution in [1.82, 2.24) is 0 Å². The monoisotopic (exact) mass is 446 g/mol. The second-order valence-corrected chi connectivity index (χ2v) is 8.38. The van der Waals surface area contributed by atoms with Gasteiger partial charge in [-0.15, -0.1) is 0 Å². The lowest BCUT2D eigenvalue weighted by Gasteiger charge is -2.27. The van der Waals surface area contributed by atoms with Crippen LogP contribution in [0.5, 0.6) is 0 Å². The first-order valence-corrected chi connectivity index (χ1v) is 10.6. The van der Waals surface area contributed by atoms with Crippen LogP contribution in [0, 0.1) is 6.92 Å². The van der Waals surface area contributed by atoms with Crippen molar-refractivity contribution >= 4 is 40.4 Å². The summed E-state index contributed by atoms with van der Waals surface area (Å²) in [5.74, 6) is -1.61. The van der Waals surface area contributed by atoms with E-state index in [4.69, 9.17) is 11.6 Å². The number of carbonyl (C=O) groups is 2. The molecule has 1 N–H and O–H groups in total. The molecule has 1 amide bonds. The number of hydrogen-bond acceptors (Lipinski definition) is 4. The van der Waals surface area contributed by atoms with Gasteiger partial charge < -0.3 is 10.0 Å². The number of benzene rings is 3. The first-order valence-electron chi connectivity index (χ1n) is 10.2. The van der Waals surface area contributed by atoms with E-state index in [9.17, 15) is 14.7 Å². The maximum absolute atomic E-state index is 13.2. The number of anilines is 2. The lowest BCUT2D eigenvalue weighted by atomic mass is 9.94. The van der Waals surface area contributed by atoms with E-state index in [1.54, 1.807) is 24.3 Å². The SMILES string of the molecule is Cc1ccccc1N1C(=O)C(=O)C(=C(O)c2ccc(Cl)cc2)[C@@H]1c1ccc(N(C)C)cc1. The summed E-state index contributed by atoms with van der Waals surface area (Å²) in [5.41, 5.74) is 3.68. The highest BCUT2D eigenvalue weighted by Crippen LogP contribution is 2.43. The van der Waals surface area contributed by atoms with E-state index < -0.39 is 17.7 Å². The van der Waals surface area contributed by atoms with Gasteiger partial charge in [-0.1, -0.05) is 41.9 Å². The Labute approximate surface area is 192 Å². The molecular formula is C26H23ClN2O3. The summed E-state index contributed by atoms with van der Waals surface area (Å²) in [5, 5.41) is 11.6. The van der Waals surface area contributed by atoms with Crippen molar-refractivity contribution in [3.8, 4) is 0 Å². The Morgan fingerprint density at radius 1 is 0.938 bits per heavy atom. The largest absolute Gasteiger partial charge is 0.507 e. The van der Waals surface area contributed by atoms with Crippen LogP contribution in [0.2, 0.25) is 5.02 Å². The number of nitrogens with zero attached hydrogens (tertiary/aromatic N) is 2. The first kappa shape index (κ1) is 21.7. The van der Waals surface area contributed by atoms with Crippen LogP contribution in [0.3, 0.4) is 0 Å². The number of Topliss-reactive ketones (excluding diaryl/α,β-unsaturated/α-hetero) is 1. The number of hydrogen-bond donors (Lipinski definition) is 1. The lowest BCUT2D eigenvalue weighted by molar-refractivity contribution is -0.132.